The summed E-state index contributed by atoms with van der Waals surface area (Å²) < 4.78 is 10.6. The minimum Gasteiger partial charge on any atom is -0.493 e. The molecule has 140 valence electrons. The Morgan fingerprint density at radius 2 is 1.96 bits per heavy atom. The Morgan fingerprint density at radius 1 is 1.23 bits per heavy atom. The smallest absolute Gasteiger partial charge is 0.310 e. The van der Waals surface area contributed by atoms with Gasteiger partial charge in [-0.15, -0.1) is 0 Å². The number of hydrogen-bond acceptors (Lipinski definition) is 5. The summed E-state index contributed by atoms with van der Waals surface area (Å²) in [7, 11) is 1.35. The van der Waals surface area contributed by atoms with Crippen molar-refractivity contribution in [3.63, 3.8) is 0 Å². The quantitative estimate of drug-likeness (QED) is 0.691. The van der Waals surface area contributed by atoms with Gasteiger partial charge in [-0.1, -0.05) is 48.9 Å². The van der Waals surface area contributed by atoms with E-state index >= 15 is 0 Å². The van der Waals surface area contributed by atoms with Crippen LogP contribution in [0.3, 0.4) is 0 Å². The maximum absolute atomic E-state index is 11.5. The molecule has 5 nitrogen and oxygen atoms in total. The number of methoxy groups -OCH3 is 1. The van der Waals surface area contributed by atoms with Gasteiger partial charge >= 0.3 is 5.97 Å². The summed E-state index contributed by atoms with van der Waals surface area (Å²) >= 11 is 5.97. The number of halogens is 1. The lowest BCUT2D eigenvalue weighted by Crippen LogP contribution is -2.37. The molecule has 0 amide bonds. The number of para-hydroxylation sites is 1. The Bertz CT molecular complexity index is 737. The molecule has 0 fully saturated rings. The largest absolute Gasteiger partial charge is 0.493 e. The minimum atomic E-state index is -0.849. The number of carbonyl (C=O) groups is 1. The highest BCUT2D eigenvalue weighted by Gasteiger charge is 2.24. The van der Waals surface area contributed by atoms with Crippen molar-refractivity contribution in [1.29, 1.82) is 0 Å². The van der Waals surface area contributed by atoms with E-state index in [1.807, 2.05) is 25.1 Å². The van der Waals surface area contributed by atoms with Gasteiger partial charge in [0, 0.05) is 22.5 Å². The molecule has 0 spiro atoms. The molecular weight excluding hydrogens is 354 g/mol. The van der Waals surface area contributed by atoms with Crippen LogP contribution in [0.5, 0.6) is 5.75 Å². The van der Waals surface area contributed by atoms with Gasteiger partial charge in [-0.25, -0.2) is 0 Å². The molecule has 0 radical (unpaired) electrons. The van der Waals surface area contributed by atoms with Crippen molar-refractivity contribution in [1.82, 2.24) is 0 Å². The van der Waals surface area contributed by atoms with Crippen LogP contribution in [0.25, 0.3) is 0 Å². The van der Waals surface area contributed by atoms with E-state index in [4.69, 9.17) is 26.8 Å². The van der Waals surface area contributed by atoms with Crippen LogP contribution in [0, 0.1) is 5.92 Å². The van der Waals surface area contributed by atoms with Gasteiger partial charge in [-0.3, -0.25) is 4.79 Å². The van der Waals surface area contributed by atoms with Gasteiger partial charge in [-0.2, -0.15) is 0 Å². The van der Waals surface area contributed by atoms with Gasteiger partial charge in [-0.05, 0) is 23.8 Å². The topological polar surface area (TPSA) is 81.8 Å². The Hall–Kier alpha value is -2.08. The number of nitrogens with two attached hydrogens (primary N) is 1. The fourth-order valence-electron chi connectivity index (χ4n) is 2.57. The summed E-state index contributed by atoms with van der Waals surface area (Å²) in [4.78, 5) is 11.5. The van der Waals surface area contributed by atoms with Crippen LogP contribution < -0.4 is 10.5 Å². The molecule has 2 rings (SSSR count). The molecule has 0 aromatic heterocycles. The highest BCUT2D eigenvalue weighted by Crippen LogP contribution is 2.25. The van der Waals surface area contributed by atoms with Crippen LogP contribution >= 0.6 is 11.6 Å². The van der Waals surface area contributed by atoms with E-state index in [2.05, 4.69) is 0 Å². The van der Waals surface area contributed by atoms with Crippen molar-refractivity contribution in [2.45, 2.75) is 25.5 Å². The average Bonchev–Trinajstić information content (AvgIpc) is 2.65. The molecule has 0 aliphatic carbocycles. The Balaban J connectivity index is 2.00. The molecule has 0 heterocycles. The van der Waals surface area contributed by atoms with Crippen molar-refractivity contribution >= 4 is 17.6 Å². The number of rotatable bonds is 8. The normalized spacial score (nSPS) is 14.3. The lowest BCUT2D eigenvalue weighted by atomic mass is 9.93. The molecular formula is C20H24ClNO4. The maximum atomic E-state index is 11.5. The van der Waals surface area contributed by atoms with Crippen molar-refractivity contribution in [2.75, 3.05) is 13.7 Å². The molecule has 3 unspecified atom stereocenters. The number of ether oxygens (including phenoxy) is 2. The molecule has 0 aliphatic rings. The number of aliphatic hydroxyl groups excluding tert-OH is 1. The first-order valence-corrected chi connectivity index (χ1v) is 8.76. The SMILES string of the molecule is COC(=O)Cc1ccccc1OCC(C)C(N)C(O)c1cccc(Cl)c1. The standard InChI is InChI=1S/C20H24ClNO4/c1-13(19(22)20(24)15-7-5-8-16(21)10-15)12-26-17-9-4-3-6-14(17)11-18(23)25-2/h3-10,13,19-20,24H,11-12,22H2,1-2H3. The van der Waals surface area contributed by atoms with Crippen LogP contribution in [0.4, 0.5) is 0 Å². The summed E-state index contributed by atoms with van der Waals surface area (Å²) in [5, 5.41) is 11.0. The maximum Gasteiger partial charge on any atom is 0.310 e. The zero-order valence-corrected chi connectivity index (χ0v) is 15.6. The number of benzene rings is 2. The molecule has 0 saturated heterocycles. The highest BCUT2D eigenvalue weighted by molar-refractivity contribution is 6.30. The number of esters is 1. The fraction of sp³-hybridized carbons (Fsp3) is 0.350. The summed E-state index contributed by atoms with van der Waals surface area (Å²) in [5.74, 6) is 0.145. The summed E-state index contributed by atoms with van der Waals surface area (Å²) in [6.07, 6.45) is -0.712. The van der Waals surface area contributed by atoms with Gasteiger partial charge in [0.1, 0.15) is 5.75 Å². The predicted octanol–water partition coefficient (Wildman–Crippen LogP) is 3.13. The van der Waals surface area contributed by atoms with E-state index in [1.54, 1.807) is 30.3 Å². The van der Waals surface area contributed by atoms with Gasteiger partial charge in [0.05, 0.1) is 26.2 Å². The zero-order valence-electron chi connectivity index (χ0n) is 14.9. The second-order valence-electron chi connectivity index (χ2n) is 6.23. The van der Waals surface area contributed by atoms with Crippen LogP contribution in [-0.2, 0) is 16.0 Å². The van der Waals surface area contributed by atoms with Crippen LogP contribution in [-0.4, -0.2) is 30.8 Å². The third-order valence-corrected chi connectivity index (χ3v) is 4.48. The Labute approximate surface area is 158 Å². The Kier molecular flexibility index (Phi) is 7.45. The first kappa shape index (κ1) is 20.2. The molecule has 3 N–H and O–H groups in total. The van der Waals surface area contributed by atoms with Crippen molar-refractivity contribution < 1.29 is 19.4 Å². The van der Waals surface area contributed by atoms with E-state index in [0.29, 0.717) is 22.9 Å². The van der Waals surface area contributed by atoms with E-state index < -0.39 is 12.1 Å². The lowest BCUT2D eigenvalue weighted by Gasteiger charge is -2.26. The molecule has 2 aromatic carbocycles. The minimum absolute atomic E-state index is 0.129. The third kappa shape index (κ3) is 5.46. The van der Waals surface area contributed by atoms with Crippen molar-refractivity contribution in [3.8, 4) is 5.75 Å². The van der Waals surface area contributed by atoms with Gasteiger partial charge < -0.3 is 20.3 Å². The van der Waals surface area contributed by atoms with Crippen LogP contribution in [0.1, 0.15) is 24.2 Å². The van der Waals surface area contributed by atoms with Gasteiger partial charge in [0.15, 0.2) is 0 Å². The van der Waals surface area contributed by atoms with Crippen LogP contribution in [0.2, 0.25) is 5.02 Å². The van der Waals surface area contributed by atoms with Gasteiger partial charge in [0.2, 0.25) is 0 Å². The van der Waals surface area contributed by atoms with Crippen molar-refractivity contribution in [2.24, 2.45) is 11.7 Å². The third-order valence-electron chi connectivity index (χ3n) is 4.25. The van der Waals surface area contributed by atoms with E-state index in [0.717, 1.165) is 5.56 Å². The summed E-state index contributed by atoms with van der Waals surface area (Å²) in [5.41, 5.74) is 7.62. The number of carbonyl (C=O) groups excluding carboxylic acids is 1. The monoisotopic (exact) mass is 377 g/mol. The molecule has 0 aliphatic heterocycles. The predicted molar refractivity (Wildman–Crippen MR) is 101 cm³/mol. The first-order chi connectivity index (χ1) is 12.4. The van der Waals surface area contributed by atoms with Crippen LogP contribution in [0.15, 0.2) is 48.5 Å². The molecule has 6 heteroatoms. The van der Waals surface area contributed by atoms with Gasteiger partial charge in [0.25, 0.3) is 0 Å². The molecule has 26 heavy (non-hydrogen) atoms. The van der Waals surface area contributed by atoms with Crippen molar-refractivity contribution in [3.05, 3.63) is 64.7 Å². The number of aliphatic hydroxyl groups is 1. The fourth-order valence-corrected chi connectivity index (χ4v) is 2.77. The molecule has 2 aromatic rings. The van der Waals surface area contributed by atoms with E-state index in [1.165, 1.54) is 7.11 Å². The molecule has 0 saturated carbocycles. The number of hydrogen-bond donors (Lipinski definition) is 2. The lowest BCUT2D eigenvalue weighted by molar-refractivity contribution is -0.139. The molecule has 0 bridgehead atoms. The second kappa shape index (κ2) is 9.57. The highest BCUT2D eigenvalue weighted by atomic mass is 35.5. The zero-order chi connectivity index (χ0) is 19.1. The van der Waals surface area contributed by atoms with E-state index in [-0.39, 0.29) is 18.3 Å². The average molecular weight is 378 g/mol. The molecule has 3 atom stereocenters. The Morgan fingerprint density at radius 3 is 2.65 bits per heavy atom. The summed E-state index contributed by atoms with van der Waals surface area (Å²) in [6, 6.07) is 13.8. The van der Waals surface area contributed by atoms with E-state index in [9.17, 15) is 9.90 Å². The second-order valence-corrected chi connectivity index (χ2v) is 6.66. The summed E-state index contributed by atoms with van der Waals surface area (Å²) in [6.45, 7) is 2.21. The first-order valence-electron chi connectivity index (χ1n) is 8.39.